The quantitative estimate of drug-likeness (QED) is 0.489. The number of hydrogen-bond acceptors (Lipinski definition) is 1. The Kier molecular flexibility index (Phi) is 8.00. The fraction of sp³-hybridized carbons (Fsp3) is 1.00. The molecule has 0 unspecified atom stereocenters. The van der Waals surface area contributed by atoms with Crippen molar-refractivity contribution in [1.82, 2.24) is 0 Å². The van der Waals surface area contributed by atoms with Gasteiger partial charge in [0.05, 0.1) is 0 Å². The third-order valence-electron chi connectivity index (χ3n) is 2.64. The zero-order chi connectivity index (χ0) is 10.2. The lowest BCUT2D eigenvalue weighted by atomic mass is 10.3. The standard InChI is InChI=1S/C10H26OSi2/c1-3-5-7-9-13(11,12)10-8-6-4-2/h11H,3-10H2,1-2,12H3. The summed E-state index contributed by atoms with van der Waals surface area (Å²) in [5.41, 5.74) is 0. The Morgan fingerprint density at radius 3 is 1.62 bits per heavy atom. The van der Waals surface area contributed by atoms with Crippen LogP contribution >= 0.6 is 0 Å². The fourth-order valence-electron chi connectivity index (χ4n) is 1.64. The van der Waals surface area contributed by atoms with Crippen LogP contribution in [0.4, 0.5) is 0 Å². The van der Waals surface area contributed by atoms with Crippen molar-refractivity contribution >= 4 is 17.6 Å². The van der Waals surface area contributed by atoms with Crippen LogP contribution in [0.15, 0.2) is 0 Å². The van der Waals surface area contributed by atoms with Crippen molar-refractivity contribution in [2.45, 2.75) is 64.5 Å². The van der Waals surface area contributed by atoms with E-state index in [-0.39, 0.29) is 0 Å². The van der Waals surface area contributed by atoms with Crippen molar-refractivity contribution in [2.24, 2.45) is 0 Å². The van der Waals surface area contributed by atoms with Gasteiger partial charge in [0.2, 0.25) is 0 Å². The second kappa shape index (κ2) is 7.77. The summed E-state index contributed by atoms with van der Waals surface area (Å²) in [5.74, 6) is 0. The molecule has 0 amide bonds. The minimum absolute atomic E-state index is 1.08. The highest BCUT2D eigenvalue weighted by atomic mass is 29.2. The van der Waals surface area contributed by atoms with Crippen molar-refractivity contribution in [3.63, 3.8) is 0 Å². The van der Waals surface area contributed by atoms with E-state index < -0.39 is 7.83 Å². The molecule has 0 saturated heterocycles. The molecule has 0 aliphatic carbocycles. The van der Waals surface area contributed by atoms with Crippen LogP contribution < -0.4 is 0 Å². The maximum atomic E-state index is 10.2. The van der Waals surface area contributed by atoms with Crippen molar-refractivity contribution in [3.05, 3.63) is 0 Å². The molecule has 0 saturated carbocycles. The third kappa shape index (κ3) is 8.72. The van der Waals surface area contributed by atoms with Gasteiger partial charge in [-0.25, -0.2) is 0 Å². The summed E-state index contributed by atoms with van der Waals surface area (Å²) in [5, 5.41) is 0. The first kappa shape index (κ1) is 13.4. The molecule has 3 heteroatoms. The Labute approximate surface area is 87.3 Å². The van der Waals surface area contributed by atoms with E-state index in [0.717, 1.165) is 9.76 Å². The lowest BCUT2D eigenvalue weighted by Crippen LogP contribution is -2.35. The molecule has 13 heavy (non-hydrogen) atoms. The second-order valence-electron chi connectivity index (χ2n) is 4.41. The molecule has 0 radical (unpaired) electrons. The lowest BCUT2D eigenvalue weighted by molar-refractivity contribution is 0.539. The van der Waals surface area contributed by atoms with E-state index in [1.54, 1.807) is 0 Å². The number of hydrogen-bond donors (Lipinski definition) is 1. The van der Waals surface area contributed by atoms with Gasteiger partial charge in [0.1, 0.15) is 0 Å². The highest BCUT2D eigenvalue weighted by molar-refractivity contribution is 7.12. The SMILES string of the molecule is CCCCC[Si](O)([SiH3])CCCCC. The molecular formula is C10H26OSi2. The largest absolute Gasteiger partial charge is 0.435 e. The minimum Gasteiger partial charge on any atom is -0.435 e. The summed E-state index contributed by atoms with van der Waals surface area (Å²) in [6.07, 6.45) is 7.72. The Bertz CT molecular complexity index is 103. The number of unbranched alkanes of at least 4 members (excludes halogenated alkanes) is 4. The fourth-order valence-corrected chi connectivity index (χ4v) is 6.03. The predicted octanol–water partition coefficient (Wildman–Crippen LogP) is 2.17. The van der Waals surface area contributed by atoms with Crippen LogP contribution in [0.2, 0.25) is 12.1 Å². The molecule has 0 heterocycles. The average molecular weight is 218 g/mol. The van der Waals surface area contributed by atoms with E-state index >= 15 is 0 Å². The molecule has 0 aromatic carbocycles. The summed E-state index contributed by atoms with van der Waals surface area (Å²) in [6, 6.07) is 2.35. The van der Waals surface area contributed by atoms with E-state index in [2.05, 4.69) is 13.8 Å². The summed E-state index contributed by atoms with van der Waals surface area (Å²) in [6.45, 7) is 4.45. The number of rotatable bonds is 8. The highest BCUT2D eigenvalue weighted by Crippen LogP contribution is 2.16. The molecule has 80 valence electrons. The summed E-state index contributed by atoms with van der Waals surface area (Å²) in [7, 11) is -0.563. The molecule has 0 rings (SSSR count). The van der Waals surface area contributed by atoms with Crippen molar-refractivity contribution in [1.29, 1.82) is 0 Å². The van der Waals surface area contributed by atoms with Gasteiger partial charge in [0.25, 0.3) is 0 Å². The molecule has 0 atom stereocenters. The van der Waals surface area contributed by atoms with Gasteiger partial charge in [0.15, 0.2) is 7.83 Å². The first-order chi connectivity index (χ1) is 6.12. The zero-order valence-electron chi connectivity index (χ0n) is 9.60. The molecular weight excluding hydrogens is 192 g/mol. The molecule has 0 aromatic rings. The van der Waals surface area contributed by atoms with Crippen LogP contribution in [-0.4, -0.2) is 22.4 Å². The molecule has 0 aromatic heterocycles. The van der Waals surface area contributed by atoms with Gasteiger partial charge < -0.3 is 4.80 Å². The van der Waals surface area contributed by atoms with E-state index in [1.165, 1.54) is 50.6 Å². The maximum Gasteiger partial charge on any atom is 0.164 e. The van der Waals surface area contributed by atoms with E-state index in [4.69, 9.17) is 0 Å². The van der Waals surface area contributed by atoms with Crippen LogP contribution in [0.3, 0.4) is 0 Å². The molecule has 0 bridgehead atoms. The Morgan fingerprint density at radius 2 is 1.31 bits per heavy atom. The Hall–Kier alpha value is 0.394. The Morgan fingerprint density at radius 1 is 0.923 bits per heavy atom. The predicted molar refractivity (Wildman–Crippen MR) is 66.6 cm³/mol. The van der Waals surface area contributed by atoms with Gasteiger partial charge in [0, 0.05) is 9.76 Å². The highest BCUT2D eigenvalue weighted by Gasteiger charge is 2.22. The smallest absolute Gasteiger partial charge is 0.164 e. The van der Waals surface area contributed by atoms with Crippen molar-refractivity contribution < 1.29 is 4.80 Å². The summed E-state index contributed by atoms with van der Waals surface area (Å²) < 4.78 is 0. The minimum atomic E-state index is -1.64. The summed E-state index contributed by atoms with van der Waals surface area (Å²) >= 11 is 0. The van der Waals surface area contributed by atoms with Gasteiger partial charge in [-0.15, -0.1) is 0 Å². The van der Waals surface area contributed by atoms with Crippen LogP contribution in [0.25, 0.3) is 0 Å². The maximum absolute atomic E-state index is 10.2. The zero-order valence-corrected chi connectivity index (χ0v) is 12.6. The summed E-state index contributed by atoms with van der Waals surface area (Å²) in [4.78, 5) is 10.2. The second-order valence-corrected chi connectivity index (χ2v) is 14.0. The first-order valence-corrected chi connectivity index (χ1v) is 11.7. The molecule has 1 nitrogen and oxygen atoms in total. The molecule has 0 aliphatic rings. The third-order valence-corrected chi connectivity index (χ3v) is 8.50. The molecule has 1 N–H and O–H groups in total. The van der Waals surface area contributed by atoms with Crippen LogP contribution in [0.5, 0.6) is 0 Å². The van der Waals surface area contributed by atoms with E-state index in [1.807, 2.05) is 0 Å². The van der Waals surface area contributed by atoms with E-state index in [0.29, 0.717) is 0 Å². The molecule has 0 spiro atoms. The lowest BCUT2D eigenvalue weighted by Gasteiger charge is -2.19. The van der Waals surface area contributed by atoms with Gasteiger partial charge >= 0.3 is 0 Å². The van der Waals surface area contributed by atoms with Gasteiger partial charge in [-0.05, 0) is 12.1 Å². The normalized spacial score (nSPS) is 12.2. The molecule has 0 aliphatic heterocycles. The van der Waals surface area contributed by atoms with Gasteiger partial charge in [-0.2, -0.15) is 0 Å². The van der Waals surface area contributed by atoms with Crippen LogP contribution in [0.1, 0.15) is 52.4 Å². The van der Waals surface area contributed by atoms with Crippen molar-refractivity contribution in [2.75, 3.05) is 0 Å². The van der Waals surface area contributed by atoms with Crippen molar-refractivity contribution in [3.8, 4) is 0 Å². The van der Waals surface area contributed by atoms with Gasteiger partial charge in [-0.1, -0.05) is 52.4 Å². The first-order valence-electron chi connectivity index (χ1n) is 5.84. The molecule has 0 fully saturated rings. The van der Waals surface area contributed by atoms with Crippen LogP contribution in [0, 0.1) is 0 Å². The monoisotopic (exact) mass is 218 g/mol. The average Bonchev–Trinajstić information content (AvgIpc) is 2.05. The van der Waals surface area contributed by atoms with E-state index in [9.17, 15) is 4.80 Å². The van der Waals surface area contributed by atoms with Gasteiger partial charge in [-0.3, -0.25) is 0 Å². The Balaban J connectivity index is 3.42. The topological polar surface area (TPSA) is 20.2 Å². The van der Waals surface area contributed by atoms with Crippen LogP contribution in [-0.2, 0) is 0 Å².